The molecule has 0 saturated heterocycles. The van der Waals surface area contributed by atoms with Crippen molar-refractivity contribution < 1.29 is 23.5 Å². The summed E-state index contributed by atoms with van der Waals surface area (Å²) in [6.45, 7) is 6.20. The SMILES string of the molecule is C=C1NC2=C(C(=O)CC(c3cccs3)C2)C(c2coc3ccc(C)cc3c2=O)C1C(=O)OCCOc1ccccc1. The molecule has 7 nitrogen and oxygen atoms in total. The molecule has 0 radical (unpaired) electrons. The number of thiophene rings is 1. The van der Waals surface area contributed by atoms with Crippen LogP contribution >= 0.6 is 11.3 Å². The van der Waals surface area contributed by atoms with Crippen LogP contribution < -0.4 is 15.5 Å². The third-order valence-corrected chi connectivity index (χ3v) is 8.70. The number of allylic oxidation sites excluding steroid dienone is 2. The number of hydrogen-bond donors (Lipinski definition) is 1. The topological polar surface area (TPSA) is 94.8 Å². The summed E-state index contributed by atoms with van der Waals surface area (Å²) in [5, 5.41) is 5.65. The van der Waals surface area contributed by atoms with Crippen LogP contribution in [0.25, 0.3) is 11.0 Å². The van der Waals surface area contributed by atoms with Gasteiger partial charge in [0.25, 0.3) is 0 Å². The van der Waals surface area contributed by atoms with Gasteiger partial charge in [0.05, 0.1) is 11.6 Å². The molecule has 6 rings (SSSR count). The van der Waals surface area contributed by atoms with Crippen LogP contribution in [0.5, 0.6) is 5.75 Å². The zero-order chi connectivity index (χ0) is 28.5. The molecule has 3 unspecified atom stereocenters. The Balaban J connectivity index is 1.36. The highest BCUT2D eigenvalue weighted by molar-refractivity contribution is 7.10. The number of esters is 1. The molecule has 1 aliphatic heterocycles. The van der Waals surface area contributed by atoms with Crippen molar-refractivity contribution in [2.24, 2.45) is 5.92 Å². The van der Waals surface area contributed by atoms with E-state index in [0.29, 0.717) is 40.1 Å². The summed E-state index contributed by atoms with van der Waals surface area (Å²) in [5.41, 5.74) is 2.80. The number of carbonyl (C=O) groups is 2. The molecule has 0 spiro atoms. The Hall–Kier alpha value is -4.43. The predicted octanol–water partition coefficient (Wildman–Crippen LogP) is 6.00. The van der Waals surface area contributed by atoms with Crippen molar-refractivity contribution in [3.63, 3.8) is 0 Å². The normalized spacial score (nSPS) is 20.5. The number of aryl methyl sites for hydroxylation is 1. The van der Waals surface area contributed by atoms with Gasteiger partial charge in [0.1, 0.15) is 30.5 Å². The largest absolute Gasteiger partial charge is 0.490 e. The van der Waals surface area contributed by atoms with E-state index in [0.717, 1.165) is 10.4 Å². The van der Waals surface area contributed by atoms with Crippen molar-refractivity contribution in [1.82, 2.24) is 5.32 Å². The van der Waals surface area contributed by atoms with E-state index >= 15 is 0 Å². The molecular formula is C33H29NO6S. The molecule has 208 valence electrons. The minimum atomic E-state index is -1.00. The number of fused-ring (bicyclic) bond motifs is 1. The number of ketones is 1. The Morgan fingerprint density at radius 2 is 1.90 bits per heavy atom. The third kappa shape index (κ3) is 5.23. The first-order valence-electron chi connectivity index (χ1n) is 13.5. The number of rotatable bonds is 7. The van der Waals surface area contributed by atoms with Crippen LogP contribution in [0.2, 0.25) is 0 Å². The van der Waals surface area contributed by atoms with Gasteiger partial charge in [0, 0.05) is 45.7 Å². The standard InChI is InChI=1S/C33H29NO6S/c1-19-10-11-27-23(15-19)32(36)24(18-40-27)30-29(33(37)39-13-12-38-22-7-4-3-5-8-22)20(2)34-25-16-21(17-26(35)31(25)30)28-9-6-14-41-28/h3-11,14-15,18,21,29-30,34H,2,12-13,16-17H2,1H3. The summed E-state index contributed by atoms with van der Waals surface area (Å²) in [7, 11) is 0. The maximum atomic E-state index is 13.9. The number of benzene rings is 2. The van der Waals surface area contributed by atoms with E-state index in [-0.39, 0.29) is 42.3 Å². The number of para-hydroxylation sites is 1. The third-order valence-electron chi connectivity index (χ3n) is 7.67. The zero-order valence-electron chi connectivity index (χ0n) is 22.6. The van der Waals surface area contributed by atoms with Crippen LogP contribution in [-0.2, 0) is 14.3 Å². The van der Waals surface area contributed by atoms with Gasteiger partial charge in [-0.15, -0.1) is 11.3 Å². The van der Waals surface area contributed by atoms with E-state index in [2.05, 4.69) is 11.9 Å². The number of ether oxygens (including phenoxy) is 2. The molecule has 2 aromatic heterocycles. The fourth-order valence-electron chi connectivity index (χ4n) is 5.77. The molecule has 2 aliphatic rings. The molecular weight excluding hydrogens is 538 g/mol. The summed E-state index contributed by atoms with van der Waals surface area (Å²) in [6, 6.07) is 18.6. The zero-order valence-corrected chi connectivity index (χ0v) is 23.4. The minimum Gasteiger partial charge on any atom is -0.490 e. The van der Waals surface area contributed by atoms with E-state index in [9.17, 15) is 14.4 Å². The number of Topliss-reactive ketones (excluding diaryl/α,β-unsaturated/α-hetero) is 1. The van der Waals surface area contributed by atoms with Gasteiger partial charge in [-0.25, -0.2) is 0 Å². The Morgan fingerprint density at radius 1 is 1.07 bits per heavy atom. The number of nitrogens with one attached hydrogen (secondary N) is 1. The lowest BCUT2D eigenvalue weighted by molar-refractivity contribution is -0.148. The summed E-state index contributed by atoms with van der Waals surface area (Å²) >= 11 is 1.61. The molecule has 3 atom stereocenters. The van der Waals surface area contributed by atoms with E-state index < -0.39 is 17.8 Å². The Labute approximate surface area is 241 Å². The van der Waals surface area contributed by atoms with Crippen molar-refractivity contribution >= 4 is 34.1 Å². The summed E-state index contributed by atoms with van der Waals surface area (Å²) < 4.78 is 17.2. The molecule has 41 heavy (non-hydrogen) atoms. The van der Waals surface area contributed by atoms with Crippen molar-refractivity contribution in [3.05, 3.63) is 122 Å². The molecule has 0 bridgehead atoms. The number of hydrogen-bond acceptors (Lipinski definition) is 8. The smallest absolute Gasteiger partial charge is 0.316 e. The quantitative estimate of drug-likeness (QED) is 0.216. The molecule has 3 heterocycles. The summed E-state index contributed by atoms with van der Waals surface area (Å²) in [6.07, 6.45) is 2.24. The number of carbonyl (C=O) groups excluding carboxylic acids is 2. The van der Waals surface area contributed by atoms with Gasteiger partial charge < -0.3 is 19.2 Å². The van der Waals surface area contributed by atoms with Crippen LogP contribution in [0.1, 0.15) is 40.7 Å². The van der Waals surface area contributed by atoms with Gasteiger partial charge >= 0.3 is 5.97 Å². The Morgan fingerprint density at radius 3 is 2.68 bits per heavy atom. The maximum absolute atomic E-state index is 13.9. The van der Waals surface area contributed by atoms with Crippen LogP contribution in [0, 0.1) is 12.8 Å². The van der Waals surface area contributed by atoms with Crippen molar-refractivity contribution in [1.29, 1.82) is 0 Å². The average molecular weight is 568 g/mol. The minimum absolute atomic E-state index is 0.00392. The van der Waals surface area contributed by atoms with E-state index in [1.165, 1.54) is 6.26 Å². The highest BCUT2D eigenvalue weighted by atomic mass is 32.1. The lowest BCUT2D eigenvalue weighted by atomic mass is 9.70. The van der Waals surface area contributed by atoms with Gasteiger partial charge in [-0.1, -0.05) is 42.5 Å². The Bertz CT molecular complexity index is 1720. The lowest BCUT2D eigenvalue weighted by Crippen LogP contribution is -2.43. The summed E-state index contributed by atoms with van der Waals surface area (Å²) in [4.78, 5) is 42.4. The van der Waals surface area contributed by atoms with Crippen LogP contribution in [0.4, 0.5) is 0 Å². The lowest BCUT2D eigenvalue weighted by Gasteiger charge is -2.39. The summed E-state index contributed by atoms with van der Waals surface area (Å²) in [5.74, 6) is -1.91. The van der Waals surface area contributed by atoms with Gasteiger partial charge in [-0.2, -0.15) is 0 Å². The molecule has 2 aromatic carbocycles. The first kappa shape index (κ1) is 26.8. The van der Waals surface area contributed by atoms with Crippen molar-refractivity contribution in [2.45, 2.75) is 31.6 Å². The fraction of sp³-hybridized carbons (Fsp3) is 0.242. The van der Waals surface area contributed by atoms with E-state index in [1.807, 2.05) is 60.8 Å². The maximum Gasteiger partial charge on any atom is 0.316 e. The average Bonchev–Trinajstić information content (AvgIpc) is 3.51. The van der Waals surface area contributed by atoms with E-state index in [4.69, 9.17) is 13.9 Å². The molecule has 0 saturated carbocycles. The second-order valence-electron chi connectivity index (χ2n) is 10.4. The Kier molecular flexibility index (Phi) is 7.32. The first-order chi connectivity index (χ1) is 19.9. The molecule has 1 N–H and O–H groups in total. The van der Waals surface area contributed by atoms with Crippen LogP contribution in [-0.4, -0.2) is 25.0 Å². The van der Waals surface area contributed by atoms with E-state index in [1.54, 1.807) is 23.5 Å². The highest BCUT2D eigenvalue weighted by Crippen LogP contribution is 2.47. The van der Waals surface area contributed by atoms with Crippen LogP contribution in [0.3, 0.4) is 0 Å². The molecule has 0 fully saturated rings. The fourth-order valence-corrected chi connectivity index (χ4v) is 6.60. The van der Waals surface area contributed by atoms with Crippen molar-refractivity contribution in [3.8, 4) is 5.75 Å². The van der Waals surface area contributed by atoms with Crippen molar-refractivity contribution in [2.75, 3.05) is 13.2 Å². The monoisotopic (exact) mass is 567 g/mol. The second kappa shape index (κ2) is 11.2. The van der Waals surface area contributed by atoms with Gasteiger partial charge in [-0.05, 0) is 49.1 Å². The molecule has 4 aromatic rings. The van der Waals surface area contributed by atoms with Gasteiger partial charge in [-0.3, -0.25) is 14.4 Å². The predicted molar refractivity (Wildman–Crippen MR) is 157 cm³/mol. The molecule has 0 amide bonds. The molecule has 1 aliphatic carbocycles. The second-order valence-corrected chi connectivity index (χ2v) is 11.4. The van der Waals surface area contributed by atoms with Crippen LogP contribution in [0.15, 0.2) is 105 Å². The first-order valence-corrected chi connectivity index (χ1v) is 14.4. The van der Waals surface area contributed by atoms with Gasteiger partial charge in [0.2, 0.25) is 0 Å². The highest BCUT2D eigenvalue weighted by Gasteiger charge is 2.46. The van der Waals surface area contributed by atoms with Gasteiger partial charge in [0.15, 0.2) is 11.2 Å². The molecule has 8 heteroatoms.